The van der Waals surface area contributed by atoms with E-state index in [0.717, 1.165) is 11.1 Å². The van der Waals surface area contributed by atoms with Crippen LogP contribution in [0.4, 0.5) is 4.79 Å². The molecule has 43 heavy (non-hydrogen) atoms. The fourth-order valence-corrected chi connectivity index (χ4v) is 5.35. The summed E-state index contributed by atoms with van der Waals surface area (Å²) in [6, 6.07) is 19.2. The second kappa shape index (κ2) is 14.8. The van der Waals surface area contributed by atoms with Gasteiger partial charge in [0.05, 0.1) is 25.9 Å². The number of rotatable bonds is 13. The van der Waals surface area contributed by atoms with Crippen molar-refractivity contribution in [2.45, 2.75) is 71.6 Å². The Hall–Kier alpha value is -3.56. The number of hydrogen-bond acceptors (Lipinski definition) is 8. The van der Waals surface area contributed by atoms with Gasteiger partial charge in [0.25, 0.3) is 0 Å². The van der Waals surface area contributed by atoms with Crippen molar-refractivity contribution in [3.63, 3.8) is 0 Å². The number of esters is 1. The molecular formula is C34H46N2O7. The van der Waals surface area contributed by atoms with E-state index in [1.54, 1.807) is 34.6 Å². The lowest BCUT2D eigenvalue weighted by Crippen LogP contribution is -2.56. The molecule has 1 aliphatic rings. The number of carbonyl (C=O) groups is 4. The average molecular weight is 595 g/mol. The summed E-state index contributed by atoms with van der Waals surface area (Å²) < 4.78 is 16.6. The van der Waals surface area contributed by atoms with E-state index in [-0.39, 0.29) is 49.9 Å². The number of amides is 1. The Labute approximate surface area is 255 Å². The highest BCUT2D eigenvalue weighted by Crippen LogP contribution is 2.33. The number of Topliss-reactive ketones (excluding diaryl/α,β-unsaturated/α-hetero) is 2. The molecule has 9 heteroatoms. The molecule has 0 bridgehead atoms. The number of methoxy groups -OCH3 is 1. The quantitative estimate of drug-likeness (QED) is 0.261. The Morgan fingerprint density at radius 2 is 1.56 bits per heavy atom. The lowest BCUT2D eigenvalue weighted by atomic mass is 9.73. The zero-order valence-electron chi connectivity index (χ0n) is 26.3. The minimum atomic E-state index is -1.34. The molecule has 0 spiro atoms. The fraction of sp³-hybridized carbons (Fsp3) is 0.529. The Kier molecular flexibility index (Phi) is 11.6. The molecule has 1 saturated heterocycles. The van der Waals surface area contributed by atoms with Gasteiger partial charge in [0.15, 0.2) is 11.6 Å². The van der Waals surface area contributed by atoms with E-state index in [4.69, 9.17) is 14.2 Å². The number of ether oxygens (including phenoxy) is 3. The molecular weight excluding hydrogens is 548 g/mol. The monoisotopic (exact) mass is 594 g/mol. The predicted molar refractivity (Wildman–Crippen MR) is 163 cm³/mol. The van der Waals surface area contributed by atoms with Crippen LogP contribution in [0.1, 0.15) is 58.6 Å². The van der Waals surface area contributed by atoms with Gasteiger partial charge in [-0.1, -0.05) is 60.7 Å². The van der Waals surface area contributed by atoms with Crippen LogP contribution in [0, 0.1) is 11.3 Å². The van der Waals surface area contributed by atoms with Crippen LogP contribution in [0.15, 0.2) is 60.7 Å². The Balaban J connectivity index is 1.78. The lowest BCUT2D eigenvalue weighted by Gasteiger charge is -2.41. The van der Waals surface area contributed by atoms with Crippen molar-refractivity contribution < 1.29 is 33.4 Å². The largest absolute Gasteiger partial charge is 0.468 e. The molecule has 0 aliphatic carbocycles. The molecule has 1 fully saturated rings. The predicted octanol–water partition coefficient (Wildman–Crippen LogP) is 4.76. The molecule has 0 radical (unpaired) electrons. The van der Waals surface area contributed by atoms with Gasteiger partial charge < -0.3 is 24.4 Å². The third-order valence-corrected chi connectivity index (χ3v) is 7.57. The molecule has 2 aromatic rings. The van der Waals surface area contributed by atoms with E-state index in [2.05, 4.69) is 10.2 Å². The number of carbonyl (C=O) groups excluding carboxylic acids is 4. The van der Waals surface area contributed by atoms with Crippen LogP contribution >= 0.6 is 0 Å². The molecule has 2 unspecified atom stereocenters. The van der Waals surface area contributed by atoms with Gasteiger partial charge in [-0.3, -0.25) is 14.4 Å². The second-order valence-electron chi connectivity index (χ2n) is 12.9. The maximum Gasteiger partial charge on any atom is 0.408 e. The van der Waals surface area contributed by atoms with Crippen molar-refractivity contribution >= 4 is 23.6 Å². The Bertz CT molecular complexity index is 1230. The lowest BCUT2D eigenvalue weighted by molar-refractivity contribution is -0.162. The van der Waals surface area contributed by atoms with E-state index >= 15 is 0 Å². The van der Waals surface area contributed by atoms with Crippen molar-refractivity contribution in [3.05, 3.63) is 71.8 Å². The topological polar surface area (TPSA) is 111 Å². The maximum absolute atomic E-state index is 13.6. The number of piperidine rings is 1. The average Bonchev–Trinajstić information content (AvgIpc) is 2.94. The van der Waals surface area contributed by atoms with E-state index in [9.17, 15) is 19.2 Å². The molecule has 1 aliphatic heterocycles. The number of hydrogen-bond donors (Lipinski definition) is 1. The first-order chi connectivity index (χ1) is 20.2. The second-order valence-corrected chi connectivity index (χ2v) is 12.9. The van der Waals surface area contributed by atoms with Crippen molar-refractivity contribution in [1.82, 2.24) is 10.2 Å². The van der Waals surface area contributed by atoms with Gasteiger partial charge in [0.2, 0.25) is 0 Å². The van der Waals surface area contributed by atoms with Crippen LogP contribution in [0.25, 0.3) is 0 Å². The molecule has 9 nitrogen and oxygen atoms in total. The first kappa shape index (κ1) is 33.9. The van der Waals surface area contributed by atoms with Crippen molar-refractivity contribution in [2.24, 2.45) is 11.3 Å². The van der Waals surface area contributed by atoms with Crippen LogP contribution < -0.4 is 5.32 Å². The zero-order chi connectivity index (χ0) is 31.7. The summed E-state index contributed by atoms with van der Waals surface area (Å²) in [4.78, 5) is 54.6. The SMILES string of the molecule is COC(=O)C1(Cc2ccccc2)CN(CC(COCc2ccccc2)CC(=O)C(C)(C)NC(=O)OC(C)(C)C)CCC1=O. The van der Waals surface area contributed by atoms with E-state index < -0.39 is 28.6 Å². The van der Waals surface area contributed by atoms with Gasteiger partial charge >= 0.3 is 12.1 Å². The maximum atomic E-state index is 13.6. The summed E-state index contributed by atoms with van der Waals surface area (Å²) in [6.45, 7) is 10.3. The summed E-state index contributed by atoms with van der Waals surface area (Å²) in [5.74, 6) is -1.14. The number of nitrogens with zero attached hydrogens (tertiary/aromatic N) is 1. The molecule has 1 N–H and O–H groups in total. The van der Waals surface area contributed by atoms with E-state index in [1.807, 2.05) is 60.7 Å². The Morgan fingerprint density at radius 1 is 0.953 bits per heavy atom. The fourth-order valence-electron chi connectivity index (χ4n) is 5.35. The Morgan fingerprint density at radius 3 is 2.14 bits per heavy atom. The van der Waals surface area contributed by atoms with Crippen LogP contribution in [0.5, 0.6) is 0 Å². The van der Waals surface area contributed by atoms with Gasteiger partial charge in [-0.2, -0.15) is 0 Å². The highest BCUT2D eigenvalue weighted by Gasteiger charge is 2.50. The third-order valence-electron chi connectivity index (χ3n) is 7.57. The zero-order valence-corrected chi connectivity index (χ0v) is 26.3. The molecule has 1 amide bonds. The summed E-state index contributed by atoms with van der Waals surface area (Å²) in [5.41, 5.74) is -1.34. The molecule has 1 heterocycles. The number of ketones is 2. The molecule has 2 aromatic carbocycles. The molecule has 2 atom stereocenters. The van der Waals surface area contributed by atoms with Crippen molar-refractivity contribution in [2.75, 3.05) is 33.4 Å². The first-order valence-corrected chi connectivity index (χ1v) is 14.8. The van der Waals surface area contributed by atoms with Crippen molar-refractivity contribution in [1.29, 1.82) is 0 Å². The summed E-state index contributed by atoms with van der Waals surface area (Å²) in [7, 11) is 1.31. The van der Waals surface area contributed by atoms with Crippen LogP contribution in [0.3, 0.4) is 0 Å². The molecule has 0 saturated carbocycles. The van der Waals surface area contributed by atoms with Crippen LogP contribution in [0.2, 0.25) is 0 Å². The van der Waals surface area contributed by atoms with E-state index in [1.165, 1.54) is 7.11 Å². The summed E-state index contributed by atoms with van der Waals surface area (Å²) >= 11 is 0. The van der Waals surface area contributed by atoms with Gasteiger partial charge in [-0.15, -0.1) is 0 Å². The minimum absolute atomic E-state index is 0.117. The van der Waals surface area contributed by atoms with Gasteiger partial charge in [-0.25, -0.2) is 4.79 Å². The van der Waals surface area contributed by atoms with Crippen LogP contribution in [-0.2, 0) is 41.6 Å². The molecule has 3 rings (SSSR count). The molecule has 234 valence electrons. The van der Waals surface area contributed by atoms with Crippen molar-refractivity contribution in [3.8, 4) is 0 Å². The van der Waals surface area contributed by atoms with E-state index in [0.29, 0.717) is 19.7 Å². The summed E-state index contributed by atoms with van der Waals surface area (Å²) in [5, 5.41) is 2.70. The van der Waals surface area contributed by atoms with Crippen LogP contribution in [-0.4, -0.2) is 73.0 Å². The minimum Gasteiger partial charge on any atom is -0.468 e. The number of nitrogens with one attached hydrogen (secondary N) is 1. The highest BCUT2D eigenvalue weighted by atomic mass is 16.6. The first-order valence-electron chi connectivity index (χ1n) is 14.8. The van der Waals surface area contributed by atoms with Gasteiger partial charge in [0, 0.05) is 38.4 Å². The number of benzene rings is 2. The molecule has 0 aromatic heterocycles. The number of alkyl carbamates (subject to hydrolysis) is 1. The number of likely N-dealkylation sites (tertiary alicyclic amines) is 1. The smallest absolute Gasteiger partial charge is 0.408 e. The normalized spacial score (nSPS) is 18.5. The van der Waals surface area contributed by atoms with Gasteiger partial charge in [-0.05, 0) is 52.2 Å². The van der Waals surface area contributed by atoms with Gasteiger partial charge in [0.1, 0.15) is 11.0 Å². The summed E-state index contributed by atoms with van der Waals surface area (Å²) in [6.07, 6.45) is -0.122. The standard InChI is InChI=1S/C34H46N2O7/c1-32(2,3)43-31(40)35-33(4,5)29(38)19-27(23-42-22-26-15-11-8-12-16-26)21-36-18-17-28(37)34(24-36,30(39)41-6)20-25-13-9-7-10-14-25/h7-16,27H,17-24H2,1-6H3,(H,35,40). The highest BCUT2D eigenvalue weighted by molar-refractivity contribution is 6.05. The third kappa shape index (κ3) is 10.0.